The van der Waals surface area contributed by atoms with Gasteiger partial charge in [0.25, 0.3) is 0 Å². The average molecular weight is 323 g/mol. The molecule has 2 rings (SSSR count). The second-order valence-corrected chi connectivity index (χ2v) is 5.82. The van der Waals surface area contributed by atoms with Gasteiger partial charge in [0, 0.05) is 23.7 Å². The number of rotatable bonds is 5. The van der Waals surface area contributed by atoms with E-state index in [4.69, 9.17) is 29.6 Å². The number of nitrogens with zero attached hydrogens (tertiary/aromatic N) is 1. The molecule has 0 saturated carbocycles. The standard InChI is InChI=1S/C16H16ClFN2S/c1-20(10-13-8-14(18)5-6-15(13)17)9-11-3-2-4-12(7-11)16(19)21/h2-8H,9-10H2,1H3,(H2,19,21). The van der Waals surface area contributed by atoms with E-state index < -0.39 is 0 Å². The second kappa shape index (κ2) is 6.98. The van der Waals surface area contributed by atoms with Crippen molar-refractivity contribution >= 4 is 28.8 Å². The molecule has 0 spiro atoms. The lowest BCUT2D eigenvalue weighted by Crippen LogP contribution is -2.18. The van der Waals surface area contributed by atoms with Crippen LogP contribution in [0.2, 0.25) is 5.02 Å². The summed E-state index contributed by atoms with van der Waals surface area (Å²) < 4.78 is 13.3. The number of hydrogen-bond donors (Lipinski definition) is 1. The highest BCUT2D eigenvalue weighted by Crippen LogP contribution is 2.19. The van der Waals surface area contributed by atoms with Crippen LogP contribution in [0, 0.1) is 5.82 Å². The van der Waals surface area contributed by atoms with Gasteiger partial charge in [-0.1, -0.05) is 42.0 Å². The molecule has 0 atom stereocenters. The van der Waals surface area contributed by atoms with Gasteiger partial charge in [0.15, 0.2) is 0 Å². The first kappa shape index (κ1) is 15.9. The van der Waals surface area contributed by atoms with Crippen LogP contribution < -0.4 is 5.73 Å². The summed E-state index contributed by atoms with van der Waals surface area (Å²) in [5.41, 5.74) is 8.34. The molecular weight excluding hydrogens is 307 g/mol. The van der Waals surface area contributed by atoms with Crippen LogP contribution >= 0.6 is 23.8 Å². The summed E-state index contributed by atoms with van der Waals surface area (Å²) >= 11 is 11.1. The van der Waals surface area contributed by atoms with Crippen LogP contribution in [0.5, 0.6) is 0 Å². The zero-order chi connectivity index (χ0) is 15.4. The maximum absolute atomic E-state index is 13.3. The summed E-state index contributed by atoms with van der Waals surface area (Å²) in [5.74, 6) is -0.279. The smallest absolute Gasteiger partial charge is 0.123 e. The molecular formula is C16H16ClFN2S. The molecule has 21 heavy (non-hydrogen) atoms. The lowest BCUT2D eigenvalue weighted by molar-refractivity contribution is 0.318. The van der Waals surface area contributed by atoms with Crippen molar-refractivity contribution in [2.45, 2.75) is 13.1 Å². The predicted molar refractivity (Wildman–Crippen MR) is 88.9 cm³/mol. The van der Waals surface area contributed by atoms with Gasteiger partial charge in [0.1, 0.15) is 10.8 Å². The highest BCUT2D eigenvalue weighted by molar-refractivity contribution is 7.80. The normalized spacial score (nSPS) is 10.9. The Morgan fingerprint density at radius 3 is 2.71 bits per heavy atom. The van der Waals surface area contributed by atoms with Crippen molar-refractivity contribution in [3.05, 3.63) is 70.0 Å². The first-order valence-corrected chi connectivity index (χ1v) is 7.25. The van der Waals surface area contributed by atoms with Crippen molar-refractivity contribution in [1.82, 2.24) is 4.90 Å². The van der Waals surface area contributed by atoms with Crippen LogP contribution in [0.1, 0.15) is 16.7 Å². The SMILES string of the molecule is CN(Cc1cccc(C(N)=S)c1)Cc1cc(F)ccc1Cl. The third kappa shape index (κ3) is 4.49. The third-order valence-electron chi connectivity index (χ3n) is 3.11. The Balaban J connectivity index is 2.08. The van der Waals surface area contributed by atoms with E-state index in [9.17, 15) is 4.39 Å². The minimum Gasteiger partial charge on any atom is -0.389 e. The maximum atomic E-state index is 13.3. The quantitative estimate of drug-likeness (QED) is 0.850. The van der Waals surface area contributed by atoms with E-state index in [1.54, 1.807) is 6.07 Å². The predicted octanol–water partition coefficient (Wildman–Crippen LogP) is 3.75. The fraction of sp³-hybridized carbons (Fsp3) is 0.188. The Hall–Kier alpha value is -1.49. The zero-order valence-corrected chi connectivity index (χ0v) is 13.2. The lowest BCUT2D eigenvalue weighted by Gasteiger charge is -2.18. The molecule has 0 aliphatic carbocycles. The molecule has 2 aromatic carbocycles. The number of benzene rings is 2. The second-order valence-electron chi connectivity index (χ2n) is 4.97. The molecule has 2 aromatic rings. The maximum Gasteiger partial charge on any atom is 0.123 e. The number of hydrogen-bond acceptors (Lipinski definition) is 2. The molecule has 0 unspecified atom stereocenters. The Bertz CT molecular complexity index is 660. The van der Waals surface area contributed by atoms with Crippen LogP contribution in [0.15, 0.2) is 42.5 Å². The molecule has 0 aliphatic heterocycles. The Morgan fingerprint density at radius 2 is 2.00 bits per heavy atom. The lowest BCUT2D eigenvalue weighted by atomic mass is 10.1. The molecule has 0 bridgehead atoms. The zero-order valence-electron chi connectivity index (χ0n) is 11.6. The van der Waals surface area contributed by atoms with Gasteiger partial charge in [-0.15, -0.1) is 0 Å². The van der Waals surface area contributed by atoms with Crippen molar-refractivity contribution in [1.29, 1.82) is 0 Å². The summed E-state index contributed by atoms with van der Waals surface area (Å²) in [7, 11) is 1.95. The number of thiocarbonyl (C=S) groups is 1. The first-order chi connectivity index (χ1) is 9.95. The molecule has 0 aliphatic rings. The molecule has 110 valence electrons. The monoisotopic (exact) mass is 322 g/mol. The topological polar surface area (TPSA) is 29.3 Å². The van der Waals surface area contributed by atoms with Gasteiger partial charge >= 0.3 is 0 Å². The molecule has 0 fully saturated rings. The Labute approximate surface area is 134 Å². The summed E-state index contributed by atoms with van der Waals surface area (Å²) in [6.07, 6.45) is 0. The number of nitrogens with two attached hydrogens (primary N) is 1. The number of halogens is 2. The summed E-state index contributed by atoms with van der Waals surface area (Å²) in [6.45, 7) is 1.26. The van der Waals surface area contributed by atoms with Gasteiger partial charge in [-0.2, -0.15) is 0 Å². The van der Waals surface area contributed by atoms with Gasteiger partial charge in [0.05, 0.1) is 0 Å². The Kier molecular flexibility index (Phi) is 5.28. The van der Waals surface area contributed by atoms with Crippen molar-refractivity contribution in [3.63, 3.8) is 0 Å². The highest BCUT2D eigenvalue weighted by atomic mass is 35.5. The fourth-order valence-electron chi connectivity index (χ4n) is 2.15. The van der Waals surface area contributed by atoms with Crippen molar-refractivity contribution in [2.75, 3.05) is 7.05 Å². The molecule has 0 radical (unpaired) electrons. The van der Waals surface area contributed by atoms with E-state index in [0.717, 1.165) is 16.7 Å². The minimum absolute atomic E-state index is 0.279. The molecule has 0 saturated heterocycles. The van der Waals surface area contributed by atoms with E-state index in [1.807, 2.05) is 31.3 Å². The molecule has 0 aromatic heterocycles. The summed E-state index contributed by atoms with van der Waals surface area (Å²) in [5, 5.41) is 0.570. The largest absolute Gasteiger partial charge is 0.389 e. The molecule has 0 heterocycles. The van der Waals surface area contributed by atoms with E-state index in [2.05, 4.69) is 4.90 Å². The van der Waals surface area contributed by atoms with E-state index in [1.165, 1.54) is 12.1 Å². The van der Waals surface area contributed by atoms with Crippen molar-refractivity contribution in [3.8, 4) is 0 Å². The van der Waals surface area contributed by atoms with Gasteiger partial charge in [0.2, 0.25) is 0 Å². The van der Waals surface area contributed by atoms with Crippen LogP contribution in [-0.4, -0.2) is 16.9 Å². The summed E-state index contributed by atoms with van der Waals surface area (Å²) in [6, 6.07) is 12.2. The fourth-order valence-corrected chi connectivity index (χ4v) is 2.45. The summed E-state index contributed by atoms with van der Waals surface area (Å²) in [4.78, 5) is 2.44. The molecule has 2 nitrogen and oxygen atoms in total. The van der Waals surface area contributed by atoms with E-state index >= 15 is 0 Å². The van der Waals surface area contributed by atoms with Gasteiger partial charge in [-0.25, -0.2) is 4.39 Å². The van der Waals surface area contributed by atoms with Gasteiger partial charge < -0.3 is 5.73 Å². The van der Waals surface area contributed by atoms with Crippen molar-refractivity contribution in [2.24, 2.45) is 5.73 Å². The first-order valence-electron chi connectivity index (χ1n) is 6.47. The van der Waals surface area contributed by atoms with Crippen LogP contribution in [-0.2, 0) is 13.1 Å². The van der Waals surface area contributed by atoms with Crippen molar-refractivity contribution < 1.29 is 4.39 Å². The highest BCUT2D eigenvalue weighted by Gasteiger charge is 2.07. The molecule has 2 N–H and O–H groups in total. The van der Waals surface area contributed by atoms with Crippen LogP contribution in [0.25, 0.3) is 0 Å². The van der Waals surface area contributed by atoms with E-state index in [-0.39, 0.29) is 5.82 Å². The third-order valence-corrected chi connectivity index (χ3v) is 3.72. The van der Waals surface area contributed by atoms with Gasteiger partial charge in [-0.3, -0.25) is 4.90 Å². The van der Waals surface area contributed by atoms with Crippen LogP contribution in [0.3, 0.4) is 0 Å². The van der Waals surface area contributed by atoms with Gasteiger partial charge in [-0.05, 0) is 42.4 Å². The molecule has 0 amide bonds. The Morgan fingerprint density at radius 1 is 1.24 bits per heavy atom. The molecule has 5 heteroatoms. The minimum atomic E-state index is -0.279. The van der Waals surface area contributed by atoms with E-state index in [0.29, 0.717) is 23.1 Å². The van der Waals surface area contributed by atoms with Crippen LogP contribution in [0.4, 0.5) is 4.39 Å². The average Bonchev–Trinajstić information content (AvgIpc) is 2.43.